The van der Waals surface area contributed by atoms with E-state index < -0.39 is 10.0 Å². The normalized spacial score (nSPS) is 16.0. The first-order chi connectivity index (χ1) is 11.9. The molecule has 0 saturated carbocycles. The highest BCUT2D eigenvalue weighted by molar-refractivity contribution is 7.89. The third kappa shape index (κ3) is 4.73. The van der Waals surface area contributed by atoms with Crippen molar-refractivity contribution in [2.45, 2.75) is 31.6 Å². The minimum atomic E-state index is -3.75. The summed E-state index contributed by atoms with van der Waals surface area (Å²) in [6, 6.07) is 4.46. The number of nitrogens with zero attached hydrogens (tertiary/aromatic N) is 2. The molecule has 1 aliphatic rings. The molecule has 0 atom stereocenters. The highest BCUT2D eigenvalue weighted by atomic mass is 35.5. The average Bonchev–Trinajstić information content (AvgIpc) is 2.63. The Bertz CT molecular complexity index is 703. The van der Waals surface area contributed by atoms with Crippen LogP contribution in [0.2, 0.25) is 5.02 Å². The van der Waals surface area contributed by atoms with E-state index >= 15 is 0 Å². The fourth-order valence-corrected chi connectivity index (χ4v) is 4.60. The molecule has 0 N–H and O–H groups in total. The number of hydrogen-bond donors (Lipinski definition) is 0. The van der Waals surface area contributed by atoms with E-state index in [0.29, 0.717) is 31.9 Å². The summed E-state index contributed by atoms with van der Waals surface area (Å²) in [5, 5.41) is 0.125. The van der Waals surface area contributed by atoms with Gasteiger partial charge in [-0.1, -0.05) is 24.9 Å². The lowest BCUT2D eigenvalue weighted by atomic mass is 10.2. The van der Waals surface area contributed by atoms with Gasteiger partial charge in [-0.05, 0) is 31.5 Å². The van der Waals surface area contributed by atoms with Gasteiger partial charge < -0.3 is 9.64 Å². The summed E-state index contributed by atoms with van der Waals surface area (Å²) in [4.78, 5) is 14.4. The minimum absolute atomic E-state index is 0.0199. The number of benzene rings is 1. The molecule has 0 radical (unpaired) electrons. The van der Waals surface area contributed by atoms with Crippen molar-refractivity contribution in [1.82, 2.24) is 9.21 Å². The van der Waals surface area contributed by atoms with Gasteiger partial charge in [0.05, 0.1) is 18.2 Å². The Labute approximate surface area is 154 Å². The van der Waals surface area contributed by atoms with E-state index in [2.05, 4.69) is 6.92 Å². The van der Waals surface area contributed by atoms with Gasteiger partial charge in [0.15, 0.2) is 0 Å². The van der Waals surface area contributed by atoms with Crippen LogP contribution < -0.4 is 0 Å². The molecule has 0 unspecified atom stereocenters. The molecular weight excluding hydrogens is 364 g/mol. The number of rotatable bonds is 7. The zero-order valence-electron chi connectivity index (χ0n) is 14.7. The van der Waals surface area contributed by atoms with Crippen LogP contribution in [0.1, 0.15) is 37.0 Å². The second-order valence-corrected chi connectivity index (χ2v) is 8.21. The number of ether oxygens (including phenoxy) is 1. The molecule has 1 aromatic carbocycles. The van der Waals surface area contributed by atoms with Crippen molar-refractivity contribution in [1.29, 1.82) is 0 Å². The molecule has 25 heavy (non-hydrogen) atoms. The van der Waals surface area contributed by atoms with Gasteiger partial charge in [0.1, 0.15) is 4.90 Å². The van der Waals surface area contributed by atoms with Crippen LogP contribution in [0.3, 0.4) is 0 Å². The first kappa shape index (κ1) is 20.2. The maximum Gasteiger partial charge on any atom is 0.253 e. The highest BCUT2D eigenvalue weighted by Gasteiger charge is 2.29. The monoisotopic (exact) mass is 388 g/mol. The van der Waals surface area contributed by atoms with Gasteiger partial charge in [-0.15, -0.1) is 0 Å². The molecule has 6 nitrogen and oxygen atoms in total. The molecule has 2 rings (SSSR count). The predicted molar refractivity (Wildman–Crippen MR) is 97.5 cm³/mol. The molecule has 0 bridgehead atoms. The van der Waals surface area contributed by atoms with E-state index in [4.69, 9.17) is 16.3 Å². The standard InChI is InChI=1S/C17H25ClN2O4S/c1-3-5-8-19(4-2)17(21)14-6-7-15(18)16(13-14)25(22,23)20-9-11-24-12-10-20/h6-7,13H,3-5,8-12H2,1-2H3. The van der Waals surface area contributed by atoms with Crippen molar-refractivity contribution in [3.8, 4) is 0 Å². The van der Waals surface area contributed by atoms with E-state index in [1.807, 2.05) is 6.92 Å². The zero-order valence-corrected chi connectivity index (χ0v) is 16.3. The van der Waals surface area contributed by atoms with Gasteiger partial charge in [0.2, 0.25) is 10.0 Å². The average molecular weight is 389 g/mol. The minimum Gasteiger partial charge on any atom is -0.379 e. The molecule has 140 valence electrons. The van der Waals surface area contributed by atoms with Gasteiger partial charge >= 0.3 is 0 Å². The lowest BCUT2D eigenvalue weighted by Crippen LogP contribution is -2.40. The van der Waals surface area contributed by atoms with E-state index in [0.717, 1.165) is 12.8 Å². The van der Waals surface area contributed by atoms with Crippen LogP contribution in [0.25, 0.3) is 0 Å². The first-order valence-corrected chi connectivity index (χ1v) is 10.4. The number of amides is 1. The maximum atomic E-state index is 12.9. The fourth-order valence-electron chi connectivity index (χ4n) is 2.69. The van der Waals surface area contributed by atoms with E-state index in [9.17, 15) is 13.2 Å². The summed E-state index contributed by atoms with van der Waals surface area (Å²) in [6.07, 6.45) is 1.90. The smallest absolute Gasteiger partial charge is 0.253 e. The Balaban J connectivity index is 2.31. The Morgan fingerprint density at radius 2 is 1.96 bits per heavy atom. The number of halogens is 1. The number of morpholine rings is 1. The van der Waals surface area contributed by atoms with E-state index in [1.54, 1.807) is 11.0 Å². The number of sulfonamides is 1. The van der Waals surface area contributed by atoms with E-state index in [1.165, 1.54) is 16.4 Å². The molecule has 0 aliphatic carbocycles. The quantitative estimate of drug-likeness (QED) is 0.720. The van der Waals surface area contributed by atoms with Gasteiger partial charge in [-0.25, -0.2) is 8.42 Å². The molecular formula is C17H25ClN2O4S. The SMILES string of the molecule is CCCCN(CC)C(=O)c1ccc(Cl)c(S(=O)(=O)N2CCOCC2)c1. The summed E-state index contributed by atoms with van der Waals surface area (Å²) >= 11 is 6.14. The van der Waals surface area contributed by atoms with Crippen molar-refractivity contribution in [2.24, 2.45) is 0 Å². The summed E-state index contributed by atoms with van der Waals surface area (Å²) < 4.78 is 32.3. The molecule has 8 heteroatoms. The lowest BCUT2D eigenvalue weighted by Gasteiger charge is -2.27. The van der Waals surface area contributed by atoms with Gasteiger partial charge in [-0.2, -0.15) is 4.31 Å². The zero-order chi connectivity index (χ0) is 18.4. The third-order valence-electron chi connectivity index (χ3n) is 4.22. The first-order valence-electron chi connectivity index (χ1n) is 8.58. The second-order valence-electron chi connectivity index (χ2n) is 5.90. The molecule has 1 aromatic rings. The van der Waals surface area contributed by atoms with Crippen LogP contribution in [0.15, 0.2) is 23.1 Å². The molecule has 0 spiro atoms. The predicted octanol–water partition coefficient (Wildman–Crippen LogP) is 2.62. The summed E-state index contributed by atoms with van der Waals surface area (Å²) in [6.45, 7) is 6.49. The fraction of sp³-hybridized carbons (Fsp3) is 0.588. The second kappa shape index (κ2) is 8.98. The van der Waals surface area contributed by atoms with Crippen LogP contribution in [0.5, 0.6) is 0 Å². The van der Waals surface area contributed by atoms with Crippen molar-refractivity contribution in [2.75, 3.05) is 39.4 Å². The van der Waals surface area contributed by atoms with Crippen molar-refractivity contribution < 1.29 is 17.9 Å². The third-order valence-corrected chi connectivity index (χ3v) is 6.60. The van der Waals surface area contributed by atoms with Crippen LogP contribution in [0, 0.1) is 0 Å². The Hall–Kier alpha value is -1.15. The van der Waals surface area contributed by atoms with Crippen LogP contribution in [0.4, 0.5) is 0 Å². The van der Waals surface area contributed by atoms with Crippen LogP contribution in [-0.2, 0) is 14.8 Å². The molecule has 0 aromatic heterocycles. The van der Waals surface area contributed by atoms with Crippen molar-refractivity contribution in [3.05, 3.63) is 28.8 Å². The van der Waals surface area contributed by atoms with Crippen LogP contribution >= 0.6 is 11.6 Å². The van der Waals surface area contributed by atoms with Gasteiger partial charge in [0.25, 0.3) is 5.91 Å². The maximum absolute atomic E-state index is 12.9. The Morgan fingerprint density at radius 1 is 1.28 bits per heavy atom. The molecule has 1 heterocycles. The molecule has 1 aliphatic heterocycles. The van der Waals surface area contributed by atoms with Crippen molar-refractivity contribution >= 4 is 27.5 Å². The molecule has 1 fully saturated rings. The number of hydrogen-bond acceptors (Lipinski definition) is 4. The number of carbonyl (C=O) groups excluding carboxylic acids is 1. The topological polar surface area (TPSA) is 66.9 Å². The van der Waals surface area contributed by atoms with E-state index in [-0.39, 0.29) is 28.9 Å². The van der Waals surface area contributed by atoms with Gasteiger partial charge in [-0.3, -0.25) is 4.79 Å². The van der Waals surface area contributed by atoms with Gasteiger partial charge in [0, 0.05) is 31.7 Å². The summed E-state index contributed by atoms with van der Waals surface area (Å²) in [5.74, 6) is -0.175. The van der Waals surface area contributed by atoms with Crippen molar-refractivity contribution in [3.63, 3.8) is 0 Å². The van der Waals surface area contributed by atoms with Crippen LogP contribution in [-0.4, -0.2) is 62.9 Å². The highest BCUT2D eigenvalue weighted by Crippen LogP contribution is 2.27. The largest absolute Gasteiger partial charge is 0.379 e. The molecule has 1 amide bonds. The molecule has 1 saturated heterocycles. The Kier molecular flexibility index (Phi) is 7.25. The number of carbonyl (C=O) groups is 1. The number of unbranched alkanes of at least 4 members (excludes halogenated alkanes) is 1. The Morgan fingerprint density at radius 3 is 2.56 bits per heavy atom. The summed E-state index contributed by atoms with van der Waals surface area (Å²) in [7, 11) is -3.75. The lowest BCUT2D eigenvalue weighted by molar-refractivity contribution is 0.0729. The summed E-state index contributed by atoms with van der Waals surface area (Å²) in [5.41, 5.74) is 0.342.